The highest BCUT2D eigenvalue weighted by molar-refractivity contribution is 9.10. The van der Waals surface area contributed by atoms with E-state index in [1.807, 2.05) is 31.2 Å². The molecule has 116 valence electrons. The fourth-order valence-corrected chi connectivity index (χ4v) is 4.71. The van der Waals surface area contributed by atoms with Crippen LogP contribution in [0.1, 0.15) is 30.0 Å². The number of rotatable bonds is 3. The van der Waals surface area contributed by atoms with Crippen molar-refractivity contribution in [1.82, 2.24) is 9.29 Å². The van der Waals surface area contributed by atoms with Gasteiger partial charge in [0.15, 0.2) is 0 Å². The van der Waals surface area contributed by atoms with Crippen molar-refractivity contribution < 1.29 is 8.42 Å². The number of benzene rings is 1. The van der Waals surface area contributed by atoms with E-state index >= 15 is 0 Å². The lowest BCUT2D eigenvalue weighted by molar-refractivity contribution is 0.396. The van der Waals surface area contributed by atoms with Gasteiger partial charge in [-0.25, -0.2) is 13.4 Å². The molecule has 1 saturated heterocycles. The molecule has 0 spiro atoms. The van der Waals surface area contributed by atoms with E-state index in [1.54, 1.807) is 22.6 Å². The smallest absolute Gasteiger partial charge is 0.243 e. The monoisotopic (exact) mass is 380 g/mol. The van der Waals surface area contributed by atoms with Gasteiger partial charge in [-0.2, -0.15) is 4.31 Å². The molecule has 22 heavy (non-hydrogen) atoms. The van der Waals surface area contributed by atoms with Crippen LogP contribution in [-0.2, 0) is 10.0 Å². The van der Waals surface area contributed by atoms with E-state index in [-0.39, 0.29) is 6.04 Å². The van der Waals surface area contributed by atoms with E-state index < -0.39 is 10.0 Å². The molecule has 4 nitrogen and oxygen atoms in total. The third kappa shape index (κ3) is 2.95. The number of pyridine rings is 1. The average molecular weight is 381 g/mol. The zero-order valence-corrected chi connectivity index (χ0v) is 14.6. The summed E-state index contributed by atoms with van der Waals surface area (Å²) in [4.78, 5) is 4.58. The SMILES string of the molecule is Cc1ccc(S(=O)(=O)N2CCCC2c2ccc(Br)nc2)cc1. The molecule has 1 aliphatic rings. The summed E-state index contributed by atoms with van der Waals surface area (Å²) in [5.74, 6) is 0. The minimum absolute atomic E-state index is 0.132. The zero-order chi connectivity index (χ0) is 15.7. The highest BCUT2D eigenvalue weighted by Gasteiger charge is 2.36. The Morgan fingerprint density at radius 1 is 1.18 bits per heavy atom. The molecule has 1 aromatic heterocycles. The Balaban J connectivity index is 1.95. The van der Waals surface area contributed by atoms with Crippen LogP contribution in [0.4, 0.5) is 0 Å². The van der Waals surface area contributed by atoms with Crippen LogP contribution < -0.4 is 0 Å². The largest absolute Gasteiger partial charge is 0.249 e. The quantitative estimate of drug-likeness (QED) is 0.763. The molecule has 2 heterocycles. The number of aryl methyl sites for hydroxylation is 1. The van der Waals surface area contributed by atoms with Crippen LogP contribution in [0.15, 0.2) is 52.1 Å². The van der Waals surface area contributed by atoms with Crippen LogP contribution in [0.5, 0.6) is 0 Å². The van der Waals surface area contributed by atoms with Gasteiger partial charge in [0.1, 0.15) is 4.60 Å². The maximum Gasteiger partial charge on any atom is 0.243 e. The number of sulfonamides is 1. The van der Waals surface area contributed by atoms with E-state index in [0.717, 1.165) is 28.6 Å². The predicted octanol–water partition coefficient (Wildman–Crippen LogP) is 3.68. The minimum atomic E-state index is -3.47. The Morgan fingerprint density at radius 2 is 1.91 bits per heavy atom. The number of nitrogens with zero attached hydrogens (tertiary/aromatic N) is 2. The standard InChI is InChI=1S/C16H17BrN2O2S/c1-12-4-7-14(8-5-12)22(20,21)19-10-2-3-15(19)13-6-9-16(17)18-11-13/h4-9,11,15H,2-3,10H2,1H3. The Hall–Kier alpha value is -1.24. The van der Waals surface area contributed by atoms with Gasteiger partial charge in [-0.05, 0) is 59.5 Å². The normalized spacial score (nSPS) is 19.5. The molecule has 1 unspecified atom stereocenters. The van der Waals surface area contributed by atoms with E-state index in [0.29, 0.717) is 11.4 Å². The van der Waals surface area contributed by atoms with Crippen molar-refractivity contribution in [3.05, 3.63) is 58.3 Å². The van der Waals surface area contributed by atoms with Crippen molar-refractivity contribution in [2.24, 2.45) is 0 Å². The molecule has 1 aromatic carbocycles. The molecule has 0 amide bonds. The lowest BCUT2D eigenvalue weighted by Crippen LogP contribution is -2.30. The molecule has 6 heteroatoms. The van der Waals surface area contributed by atoms with Crippen molar-refractivity contribution in [3.63, 3.8) is 0 Å². The molecule has 3 rings (SSSR count). The minimum Gasteiger partial charge on any atom is -0.249 e. The van der Waals surface area contributed by atoms with Gasteiger partial charge >= 0.3 is 0 Å². The lowest BCUT2D eigenvalue weighted by atomic mass is 10.1. The number of halogens is 1. The number of aromatic nitrogens is 1. The summed E-state index contributed by atoms with van der Waals surface area (Å²) in [7, 11) is -3.47. The predicted molar refractivity (Wildman–Crippen MR) is 89.0 cm³/mol. The summed E-state index contributed by atoms with van der Waals surface area (Å²) in [5.41, 5.74) is 1.99. The lowest BCUT2D eigenvalue weighted by Gasteiger charge is -2.24. The molecule has 1 fully saturated rings. The molecule has 2 aromatic rings. The fourth-order valence-electron chi connectivity index (χ4n) is 2.79. The fraction of sp³-hybridized carbons (Fsp3) is 0.312. The van der Waals surface area contributed by atoms with E-state index in [4.69, 9.17) is 0 Å². The molecule has 1 aliphatic heterocycles. The summed E-state index contributed by atoms with van der Waals surface area (Å²) in [6.45, 7) is 2.50. The van der Waals surface area contributed by atoms with Crippen LogP contribution in [-0.4, -0.2) is 24.3 Å². The first-order valence-electron chi connectivity index (χ1n) is 7.18. The highest BCUT2D eigenvalue weighted by Crippen LogP contribution is 2.36. The van der Waals surface area contributed by atoms with Crippen LogP contribution in [0.25, 0.3) is 0 Å². The summed E-state index contributed by atoms with van der Waals surface area (Å²) >= 11 is 3.31. The van der Waals surface area contributed by atoms with Gasteiger partial charge in [0.25, 0.3) is 0 Å². The van der Waals surface area contributed by atoms with Crippen molar-refractivity contribution in [3.8, 4) is 0 Å². The first kappa shape index (κ1) is 15.6. The molecular weight excluding hydrogens is 364 g/mol. The van der Waals surface area contributed by atoms with Crippen LogP contribution in [0, 0.1) is 6.92 Å². The molecule has 0 aliphatic carbocycles. The Bertz CT molecular complexity index is 758. The average Bonchev–Trinajstić information content (AvgIpc) is 2.99. The Kier molecular flexibility index (Phi) is 4.34. The number of hydrogen-bond donors (Lipinski definition) is 0. The van der Waals surface area contributed by atoms with Gasteiger partial charge in [0, 0.05) is 12.7 Å². The maximum absolute atomic E-state index is 12.9. The molecule has 1 atom stereocenters. The summed E-state index contributed by atoms with van der Waals surface area (Å²) < 4.78 is 28.1. The molecule has 0 N–H and O–H groups in total. The molecule has 0 bridgehead atoms. The topological polar surface area (TPSA) is 50.3 Å². The second-order valence-corrected chi connectivity index (χ2v) is 8.20. The van der Waals surface area contributed by atoms with Crippen molar-refractivity contribution in [2.45, 2.75) is 30.7 Å². The second kappa shape index (κ2) is 6.10. The summed E-state index contributed by atoms with van der Waals surface area (Å²) in [6.07, 6.45) is 3.44. The van der Waals surface area contributed by atoms with E-state index in [1.165, 1.54) is 0 Å². The molecular formula is C16H17BrN2O2S. The third-order valence-electron chi connectivity index (χ3n) is 3.97. The van der Waals surface area contributed by atoms with E-state index in [9.17, 15) is 8.42 Å². The first-order valence-corrected chi connectivity index (χ1v) is 9.42. The summed E-state index contributed by atoms with van der Waals surface area (Å²) in [5, 5.41) is 0. The van der Waals surface area contributed by atoms with Crippen LogP contribution in [0.2, 0.25) is 0 Å². The second-order valence-electron chi connectivity index (χ2n) is 5.50. The van der Waals surface area contributed by atoms with Crippen molar-refractivity contribution in [1.29, 1.82) is 0 Å². The van der Waals surface area contributed by atoms with Gasteiger partial charge in [-0.3, -0.25) is 0 Å². The third-order valence-corrected chi connectivity index (χ3v) is 6.36. The van der Waals surface area contributed by atoms with Gasteiger partial charge in [0.2, 0.25) is 10.0 Å². The highest BCUT2D eigenvalue weighted by atomic mass is 79.9. The number of hydrogen-bond acceptors (Lipinski definition) is 3. The van der Waals surface area contributed by atoms with Gasteiger partial charge in [-0.15, -0.1) is 0 Å². The van der Waals surface area contributed by atoms with Crippen molar-refractivity contribution >= 4 is 26.0 Å². The van der Waals surface area contributed by atoms with Crippen molar-refractivity contribution in [2.75, 3.05) is 6.54 Å². The Labute approximate surface area is 139 Å². The van der Waals surface area contributed by atoms with Gasteiger partial charge < -0.3 is 0 Å². The van der Waals surface area contributed by atoms with Crippen LogP contribution in [0.3, 0.4) is 0 Å². The Morgan fingerprint density at radius 3 is 2.55 bits per heavy atom. The molecule has 0 saturated carbocycles. The molecule has 0 radical (unpaired) electrons. The van der Waals surface area contributed by atoms with Crippen LogP contribution >= 0.6 is 15.9 Å². The van der Waals surface area contributed by atoms with Gasteiger partial charge in [0.05, 0.1) is 10.9 Å². The first-order chi connectivity index (χ1) is 10.5. The summed E-state index contributed by atoms with van der Waals surface area (Å²) in [6, 6.07) is 10.7. The maximum atomic E-state index is 12.9. The van der Waals surface area contributed by atoms with Gasteiger partial charge in [-0.1, -0.05) is 23.8 Å². The van der Waals surface area contributed by atoms with E-state index in [2.05, 4.69) is 20.9 Å². The zero-order valence-electron chi connectivity index (χ0n) is 12.2.